The summed E-state index contributed by atoms with van der Waals surface area (Å²) in [4.78, 5) is 27.2. The highest BCUT2D eigenvalue weighted by Crippen LogP contribution is 2.24. The van der Waals surface area contributed by atoms with Gasteiger partial charge in [-0.2, -0.15) is 5.10 Å². The molecule has 1 aromatic carbocycles. The third-order valence-corrected chi connectivity index (χ3v) is 5.26. The molecule has 12 heteroatoms. The SMILES string of the molecule is Cc1nn(CC(C)C(=O)Nc2ncn(Cc3ccc(Cl)c(Cl)c3)n2)c(C)c1[N+](=O)[O-]. The van der Waals surface area contributed by atoms with E-state index < -0.39 is 10.8 Å². The topological polar surface area (TPSA) is 121 Å². The molecule has 2 heterocycles. The lowest BCUT2D eigenvalue weighted by Crippen LogP contribution is -2.26. The zero-order valence-electron chi connectivity index (χ0n) is 16.5. The van der Waals surface area contributed by atoms with Crippen molar-refractivity contribution in [2.75, 3.05) is 5.32 Å². The number of aryl methyl sites for hydroxylation is 1. The predicted molar refractivity (Wildman–Crippen MR) is 112 cm³/mol. The van der Waals surface area contributed by atoms with Gasteiger partial charge in [-0.15, -0.1) is 5.10 Å². The molecule has 158 valence electrons. The van der Waals surface area contributed by atoms with E-state index in [1.807, 2.05) is 6.07 Å². The first-order valence-corrected chi connectivity index (χ1v) is 9.74. The average Bonchev–Trinajstić information content (AvgIpc) is 3.21. The van der Waals surface area contributed by atoms with Gasteiger partial charge in [0, 0.05) is 0 Å². The zero-order chi connectivity index (χ0) is 22.0. The van der Waals surface area contributed by atoms with Crippen LogP contribution in [0.4, 0.5) is 11.6 Å². The highest BCUT2D eigenvalue weighted by Gasteiger charge is 2.24. The lowest BCUT2D eigenvalue weighted by atomic mass is 10.1. The summed E-state index contributed by atoms with van der Waals surface area (Å²) in [5.41, 5.74) is 1.56. The van der Waals surface area contributed by atoms with Gasteiger partial charge < -0.3 is 0 Å². The van der Waals surface area contributed by atoms with Crippen LogP contribution in [0.2, 0.25) is 10.0 Å². The van der Waals surface area contributed by atoms with Crippen LogP contribution in [0.3, 0.4) is 0 Å². The number of halogens is 2. The van der Waals surface area contributed by atoms with Crippen molar-refractivity contribution >= 4 is 40.7 Å². The minimum Gasteiger partial charge on any atom is -0.293 e. The molecule has 1 atom stereocenters. The van der Waals surface area contributed by atoms with E-state index in [0.29, 0.717) is 28.0 Å². The van der Waals surface area contributed by atoms with Gasteiger partial charge in [-0.25, -0.2) is 9.67 Å². The molecule has 0 bridgehead atoms. The maximum atomic E-state index is 12.5. The highest BCUT2D eigenvalue weighted by atomic mass is 35.5. The first-order chi connectivity index (χ1) is 14.2. The lowest BCUT2D eigenvalue weighted by Gasteiger charge is -2.11. The lowest BCUT2D eigenvalue weighted by molar-refractivity contribution is -0.386. The van der Waals surface area contributed by atoms with Gasteiger partial charge in [-0.1, -0.05) is 36.2 Å². The number of amides is 1. The van der Waals surface area contributed by atoms with Crippen molar-refractivity contribution in [3.63, 3.8) is 0 Å². The third kappa shape index (κ3) is 4.77. The molecule has 1 N–H and O–H groups in total. The van der Waals surface area contributed by atoms with Gasteiger partial charge in [0.1, 0.15) is 17.7 Å². The van der Waals surface area contributed by atoms with E-state index >= 15 is 0 Å². The fourth-order valence-corrected chi connectivity index (χ4v) is 3.28. The number of benzene rings is 1. The number of carbonyl (C=O) groups excluding carboxylic acids is 1. The fourth-order valence-electron chi connectivity index (χ4n) is 2.96. The van der Waals surface area contributed by atoms with E-state index in [0.717, 1.165) is 5.56 Å². The Morgan fingerprint density at radius 2 is 2.00 bits per heavy atom. The number of hydrogen-bond acceptors (Lipinski definition) is 6. The molecule has 0 saturated heterocycles. The van der Waals surface area contributed by atoms with Crippen molar-refractivity contribution in [3.05, 3.63) is 61.6 Å². The Hall–Kier alpha value is -2.98. The van der Waals surface area contributed by atoms with Crippen molar-refractivity contribution in [3.8, 4) is 0 Å². The number of anilines is 1. The molecule has 0 aliphatic carbocycles. The van der Waals surface area contributed by atoms with E-state index in [4.69, 9.17) is 23.2 Å². The second-order valence-electron chi connectivity index (χ2n) is 6.86. The molecule has 0 radical (unpaired) electrons. The summed E-state index contributed by atoms with van der Waals surface area (Å²) in [6, 6.07) is 5.26. The molecule has 30 heavy (non-hydrogen) atoms. The molecule has 0 spiro atoms. The van der Waals surface area contributed by atoms with Crippen molar-refractivity contribution in [2.24, 2.45) is 5.92 Å². The summed E-state index contributed by atoms with van der Waals surface area (Å²) in [7, 11) is 0. The monoisotopic (exact) mass is 451 g/mol. The van der Waals surface area contributed by atoms with E-state index in [1.54, 1.807) is 37.6 Å². The smallest absolute Gasteiger partial charge is 0.293 e. The molecule has 0 fully saturated rings. The van der Waals surface area contributed by atoms with Gasteiger partial charge in [0.05, 0.1) is 34.0 Å². The van der Waals surface area contributed by atoms with Crippen LogP contribution in [0.1, 0.15) is 23.9 Å². The number of aromatic nitrogens is 5. The Bertz CT molecular complexity index is 1110. The standard InChI is InChI=1S/C18H19Cl2N7O3/c1-10(7-26-12(3)16(27(29)30)11(2)23-26)17(28)22-18-21-9-25(24-18)8-13-4-5-14(19)15(20)6-13/h4-6,9-10H,7-8H2,1-3H3,(H,22,24,28). The van der Waals surface area contributed by atoms with Crippen LogP contribution in [-0.4, -0.2) is 35.4 Å². The summed E-state index contributed by atoms with van der Waals surface area (Å²) in [6.07, 6.45) is 1.49. The van der Waals surface area contributed by atoms with Crippen LogP contribution in [0.5, 0.6) is 0 Å². The van der Waals surface area contributed by atoms with Crippen molar-refractivity contribution in [1.82, 2.24) is 24.5 Å². The van der Waals surface area contributed by atoms with Crippen LogP contribution in [0.25, 0.3) is 0 Å². The maximum Gasteiger partial charge on any atom is 0.312 e. The quantitative estimate of drug-likeness (QED) is 0.432. The van der Waals surface area contributed by atoms with Crippen LogP contribution in [-0.2, 0) is 17.9 Å². The molecule has 1 amide bonds. The second-order valence-corrected chi connectivity index (χ2v) is 7.68. The normalized spacial score (nSPS) is 12.0. The van der Waals surface area contributed by atoms with Crippen LogP contribution >= 0.6 is 23.2 Å². The molecule has 0 saturated carbocycles. The van der Waals surface area contributed by atoms with E-state index in [1.165, 1.54) is 11.0 Å². The van der Waals surface area contributed by atoms with E-state index in [2.05, 4.69) is 20.5 Å². The molecule has 3 aromatic rings. The van der Waals surface area contributed by atoms with Gasteiger partial charge in [0.25, 0.3) is 0 Å². The molecule has 3 rings (SSSR count). The Morgan fingerprint density at radius 1 is 1.27 bits per heavy atom. The number of carbonyl (C=O) groups is 1. The number of hydrogen-bond donors (Lipinski definition) is 1. The zero-order valence-corrected chi connectivity index (χ0v) is 18.0. The van der Waals surface area contributed by atoms with E-state index in [9.17, 15) is 14.9 Å². The summed E-state index contributed by atoms with van der Waals surface area (Å²) < 4.78 is 3.03. The fraction of sp³-hybridized carbons (Fsp3) is 0.333. The first kappa shape index (κ1) is 21.7. The molecular formula is C18H19Cl2N7O3. The first-order valence-electron chi connectivity index (χ1n) is 8.98. The summed E-state index contributed by atoms with van der Waals surface area (Å²) in [5.74, 6) is -0.673. The van der Waals surface area contributed by atoms with Crippen LogP contribution in [0.15, 0.2) is 24.5 Å². The predicted octanol–water partition coefficient (Wildman–Crippen LogP) is 3.63. The van der Waals surface area contributed by atoms with Gasteiger partial charge in [-0.3, -0.25) is 24.9 Å². The molecule has 1 unspecified atom stereocenters. The molecule has 0 aliphatic heterocycles. The average molecular weight is 452 g/mol. The molecule has 2 aromatic heterocycles. The minimum absolute atomic E-state index is 0.0367. The largest absolute Gasteiger partial charge is 0.312 e. The Balaban J connectivity index is 1.63. The van der Waals surface area contributed by atoms with Gasteiger partial charge in [0.15, 0.2) is 0 Å². The minimum atomic E-state index is -0.510. The Labute approximate surface area is 182 Å². The highest BCUT2D eigenvalue weighted by molar-refractivity contribution is 6.42. The molecule has 10 nitrogen and oxygen atoms in total. The van der Waals surface area contributed by atoms with Gasteiger partial charge >= 0.3 is 5.69 Å². The van der Waals surface area contributed by atoms with Gasteiger partial charge in [0.2, 0.25) is 11.9 Å². The molecule has 0 aliphatic rings. The van der Waals surface area contributed by atoms with Crippen LogP contribution < -0.4 is 5.32 Å². The van der Waals surface area contributed by atoms with Crippen molar-refractivity contribution < 1.29 is 9.72 Å². The van der Waals surface area contributed by atoms with Gasteiger partial charge in [-0.05, 0) is 31.5 Å². The second kappa shape index (κ2) is 8.80. The summed E-state index contributed by atoms with van der Waals surface area (Å²) in [5, 5.41) is 23.1. The summed E-state index contributed by atoms with van der Waals surface area (Å²) >= 11 is 11.9. The summed E-state index contributed by atoms with van der Waals surface area (Å²) in [6.45, 7) is 5.47. The maximum absolute atomic E-state index is 12.5. The van der Waals surface area contributed by atoms with Crippen LogP contribution in [0, 0.1) is 29.9 Å². The number of nitrogens with zero attached hydrogens (tertiary/aromatic N) is 6. The number of rotatable bonds is 7. The Kier molecular flexibility index (Phi) is 6.37. The number of nitrogens with one attached hydrogen (secondary N) is 1. The van der Waals surface area contributed by atoms with E-state index in [-0.39, 0.29) is 24.1 Å². The van der Waals surface area contributed by atoms with Crippen molar-refractivity contribution in [2.45, 2.75) is 33.9 Å². The molecular weight excluding hydrogens is 433 g/mol. The third-order valence-electron chi connectivity index (χ3n) is 4.52. The number of nitro groups is 1. The Morgan fingerprint density at radius 3 is 2.63 bits per heavy atom. The van der Waals surface area contributed by atoms with Crippen molar-refractivity contribution in [1.29, 1.82) is 0 Å².